The topological polar surface area (TPSA) is 41.1 Å². The number of fused-ring (bicyclic) bond motifs is 1. The van der Waals surface area contributed by atoms with Crippen molar-refractivity contribution < 1.29 is 9.18 Å². The average molecular weight is 194 g/mol. The van der Waals surface area contributed by atoms with Crippen LogP contribution < -0.4 is 10.6 Å². The SMILES string of the molecule is CCNC1C(=O)Nc2ccc(F)cc21. The van der Waals surface area contributed by atoms with Crippen LogP contribution in [0.1, 0.15) is 18.5 Å². The zero-order valence-corrected chi connectivity index (χ0v) is 7.80. The molecular weight excluding hydrogens is 183 g/mol. The maximum absolute atomic E-state index is 12.9. The molecule has 0 radical (unpaired) electrons. The molecule has 0 spiro atoms. The van der Waals surface area contributed by atoms with E-state index in [9.17, 15) is 9.18 Å². The zero-order valence-electron chi connectivity index (χ0n) is 7.80. The molecule has 1 aliphatic heterocycles. The Hall–Kier alpha value is -1.42. The number of halogens is 1. The monoisotopic (exact) mass is 194 g/mol. The number of benzene rings is 1. The lowest BCUT2D eigenvalue weighted by Gasteiger charge is -2.08. The van der Waals surface area contributed by atoms with E-state index < -0.39 is 6.04 Å². The molecule has 1 aromatic carbocycles. The van der Waals surface area contributed by atoms with E-state index >= 15 is 0 Å². The van der Waals surface area contributed by atoms with Gasteiger partial charge < -0.3 is 10.6 Å². The first kappa shape index (κ1) is 9.15. The number of nitrogens with one attached hydrogen (secondary N) is 2. The minimum absolute atomic E-state index is 0.118. The van der Waals surface area contributed by atoms with E-state index in [-0.39, 0.29) is 11.7 Å². The van der Waals surface area contributed by atoms with Gasteiger partial charge in [-0.05, 0) is 24.7 Å². The summed E-state index contributed by atoms with van der Waals surface area (Å²) in [7, 11) is 0. The lowest BCUT2D eigenvalue weighted by Crippen LogP contribution is -2.27. The molecule has 3 nitrogen and oxygen atoms in total. The van der Waals surface area contributed by atoms with Crippen molar-refractivity contribution in [3.05, 3.63) is 29.6 Å². The van der Waals surface area contributed by atoms with Gasteiger partial charge in [0, 0.05) is 11.3 Å². The van der Waals surface area contributed by atoms with Crippen LogP contribution in [0.5, 0.6) is 0 Å². The molecule has 0 fully saturated rings. The zero-order chi connectivity index (χ0) is 10.1. The van der Waals surface area contributed by atoms with E-state index in [0.717, 1.165) is 0 Å². The molecule has 0 saturated heterocycles. The Balaban J connectivity index is 2.39. The number of amides is 1. The van der Waals surface area contributed by atoms with Crippen LogP contribution in [0.2, 0.25) is 0 Å². The lowest BCUT2D eigenvalue weighted by molar-refractivity contribution is -0.117. The Morgan fingerprint density at radius 1 is 1.57 bits per heavy atom. The minimum Gasteiger partial charge on any atom is -0.324 e. The molecule has 1 amide bonds. The van der Waals surface area contributed by atoms with E-state index in [1.807, 2.05) is 6.92 Å². The van der Waals surface area contributed by atoms with Crippen LogP contribution in [0.25, 0.3) is 0 Å². The van der Waals surface area contributed by atoms with Gasteiger partial charge in [-0.3, -0.25) is 4.79 Å². The summed E-state index contributed by atoms with van der Waals surface area (Å²) in [5.74, 6) is -0.435. The first-order chi connectivity index (χ1) is 6.72. The molecule has 0 saturated carbocycles. The van der Waals surface area contributed by atoms with Gasteiger partial charge in [0.25, 0.3) is 0 Å². The summed E-state index contributed by atoms with van der Waals surface area (Å²) >= 11 is 0. The van der Waals surface area contributed by atoms with Gasteiger partial charge in [-0.1, -0.05) is 6.92 Å². The molecule has 1 heterocycles. The molecule has 14 heavy (non-hydrogen) atoms. The van der Waals surface area contributed by atoms with Gasteiger partial charge in [0.05, 0.1) is 0 Å². The third-order valence-corrected chi connectivity index (χ3v) is 2.25. The summed E-state index contributed by atoms with van der Waals surface area (Å²) in [6, 6.07) is 3.90. The van der Waals surface area contributed by atoms with E-state index in [1.165, 1.54) is 12.1 Å². The summed E-state index contributed by atoms with van der Waals surface area (Å²) in [4.78, 5) is 11.4. The molecule has 1 unspecified atom stereocenters. The van der Waals surface area contributed by atoms with E-state index in [4.69, 9.17) is 0 Å². The number of hydrogen-bond acceptors (Lipinski definition) is 2. The van der Waals surface area contributed by atoms with Crippen molar-refractivity contribution in [2.75, 3.05) is 11.9 Å². The fourth-order valence-electron chi connectivity index (χ4n) is 1.64. The Morgan fingerprint density at radius 2 is 2.36 bits per heavy atom. The molecule has 1 atom stereocenters. The summed E-state index contributed by atoms with van der Waals surface area (Å²) in [6.07, 6.45) is 0. The standard InChI is InChI=1S/C10H11FN2O/c1-2-12-9-7-5-6(11)3-4-8(7)13-10(9)14/h3-5,9,12H,2H2,1H3,(H,13,14). The molecule has 2 N–H and O–H groups in total. The van der Waals surface area contributed by atoms with Crippen molar-refractivity contribution in [2.45, 2.75) is 13.0 Å². The second kappa shape index (κ2) is 3.38. The normalized spacial score (nSPS) is 19.3. The van der Waals surface area contributed by atoms with Crippen LogP contribution in [0.4, 0.5) is 10.1 Å². The van der Waals surface area contributed by atoms with E-state index in [2.05, 4.69) is 10.6 Å². The highest BCUT2D eigenvalue weighted by molar-refractivity contribution is 6.02. The number of carbonyl (C=O) groups is 1. The minimum atomic E-state index is -0.411. The van der Waals surface area contributed by atoms with Gasteiger partial charge in [0.15, 0.2) is 0 Å². The third-order valence-electron chi connectivity index (χ3n) is 2.25. The van der Waals surface area contributed by atoms with Crippen molar-refractivity contribution >= 4 is 11.6 Å². The largest absolute Gasteiger partial charge is 0.324 e. The Kier molecular flexibility index (Phi) is 2.21. The molecule has 1 aromatic rings. The van der Waals surface area contributed by atoms with Crippen LogP contribution in [0, 0.1) is 5.82 Å². The second-order valence-corrected chi connectivity index (χ2v) is 3.21. The number of likely N-dealkylation sites (N-methyl/N-ethyl adjacent to an activating group) is 1. The van der Waals surface area contributed by atoms with Gasteiger partial charge in [0.1, 0.15) is 11.9 Å². The fraction of sp³-hybridized carbons (Fsp3) is 0.300. The van der Waals surface area contributed by atoms with Crippen molar-refractivity contribution in [3.63, 3.8) is 0 Å². The van der Waals surface area contributed by atoms with Crippen molar-refractivity contribution in [1.82, 2.24) is 5.32 Å². The van der Waals surface area contributed by atoms with Gasteiger partial charge in [-0.15, -0.1) is 0 Å². The van der Waals surface area contributed by atoms with Crippen LogP contribution in [-0.4, -0.2) is 12.5 Å². The second-order valence-electron chi connectivity index (χ2n) is 3.21. The molecule has 2 rings (SSSR count). The average Bonchev–Trinajstić information content (AvgIpc) is 2.45. The Bertz CT molecular complexity index is 378. The fourth-order valence-corrected chi connectivity index (χ4v) is 1.64. The number of carbonyl (C=O) groups excluding carboxylic acids is 1. The maximum Gasteiger partial charge on any atom is 0.246 e. The predicted octanol–water partition coefficient (Wildman–Crippen LogP) is 1.43. The van der Waals surface area contributed by atoms with Gasteiger partial charge >= 0.3 is 0 Å². The summed E-state index contributed by atoms with van der Waals surface area (Å²) in [5.41, 5.74) is 1.39. The third kappa shape index (κ3) is 1.37. The summed E-state index contributed by atoms with van der Waals surface area (Å²) < 4.78 is 12.9. The van der Waals surface area contributed by atoms with Crippen LogP contribution >= 0.6 is 0 Å². The molecule has 1 aliphatic rings. The van der Waals surface area contributed by atoms with Gasteiger partial charge in [-0.2, -0.15) is 0 Å². The molecule has 0 aromatic heterocycles. The number of anilines is 1. The summed E-state index contributed by atoms with van der Waals surface area (Å²) in [6.45, 7) is 2.58. The smallest absolute Gasteiger partial charge is 0.246 e. The van der Waals surface area contributed by atoms with Crippen LogP contribution in [0.3, 0.4) is 0 Å². The molecule has 0 aliphatic carbocycles. The number of rotatable bonds is 2. The Morgan fingerprint density at radius 3 is 3.07 bits per heavy atom. The van der Waals surface area contributed by atoms with Crippen molar-refractivity contribution in [1.29, 1.82) is 0 Å². The maximum atomic E-state index is 12.9. The molecule has 0 bridgehead atoms. The van der Waals surface area contributed by atoms with Gasteiger partial charge in [0.2, 0.25) is 5.91 Å². The van der Waals surface area contributed by atoms with E-state index in [1.54, 1.807) is 6.07 Å². The Labute approximate surface area is 81.3 Å². The first-order valence-electron chi connectivity index (χ1n) is 4.56. The highest BCUT2D eigenvalue weighted by atomic mass is 19.1. The molecule has 4 heteroatoms. The van der Waals surface area contributed by atoms with Crippen molar-refractivity contribution in [3.8, 4) is 0 Å². The molecular formula is C10H11FN2O. The van der Waals surface area contributed by atoms with Crippen LogP contribution in [-0.2, 0) is 4.79 Å². The quantitative estimate of drug-likeness (QED) is 0.747. The predicted molar refractivity (Wildman–Crippen MR) is 51.4 cm³/mol. The van der Waals surface area contributed by atoms with Crippen molar-refractivity contribution in [2.24, 2.45) is 0 Å². The van der Waals surface area contributed by atoms with E-state index in [0.29, 0.717) is 17.8 Å². The highest BCUT2D eigenvalue weighted by Crippen LogP contribution is 2.30. The first-order valence-corrected chi connectivity index (χ1v) is 4.56. The highest BCUT2D eigenvalue weighted by Gasteiger charge is 2.29. The summed E-state index contributed by atoms with van der Waals surface area (Å²) in [5, 5.41) is 5.69. The number of hydrogen-bond donors (Lipinski definition) is 2. The molecule has 74 valence electrons. The lowest BCUT2D eigenvalue weighted by atomic mass is 10.1. The van der Waals surface area contributed by atoms with Crippen LogP contribution in [0.15, 0.2) is 18.2 Å². The van der Waals surface area contributed by atoms with Gasteiger partial charge in [-0.25, -0.2) is 4.39 Å².